The van der Waals surface area contributed by atoms with Crippen LogP contribution in [0.25, 0.3) is 0 Å². The highest BCUT2D eigenvalue weighted by molar-refractivity contribution is 6.04. The Hall–Kier alpha value is -1.93. The Bertz CT molecular complexity index is 959. The Morgan fingerprint density at radius 1 is 1.27 bits per heavy atom. The van der Waals surface area contributed by atoms with E-state index in [-0.39, 0.29) is 30.8 Å². The molecule has 4 aliphatic rings. The standard InChI is InChI=1S/C25H32F2O6/c1-5-19(32)33-25(18(31)11-28)12(2)8-14-13-9-15(26)21-22(27)16(29)6-7-23(21,3)20(13)17(30)10-24(14,25)4/h6-7,12-15,17,20,28,30H,5,8-11H2,1-4H3/t12?,13-,14-,15?,17?,20+,23+,24-,25-/m0/s1. The predicted octanol–water partition coefficient (Wildman–Crippen LogP) is 3.01. The van der Waals surface area contributed by atoms with Gasteiger partial charge in [0.05, 0.1) is 6.10 Å². The van der Waals surface area contributed by atoms with Crippen LogP contribution in [-0.2, 0) is 19.1 Å². The normalized spacial score (nSPS) is 46.5. The number of hydrogen-bond donors (Lipinski definition) is 2. The van der Waals surface area contributed by atoms with Gasteiger partial charge in [-0.3, -0.25) is 14.4 Å². The average Bonchev–Trinajstić information content (AvgIpc) is 2.97. The van der Waals surface area contributed by atoms with Gasteiger partial charge in [-0.1, -0.05) is 33.8 Å². The molecule has 0 aliphatic heterocycles. The number of halogens is 2. The average molecular weight is 467 g/mol. The number of hydrogen-bond acceptors (Lipinski definition) is 6. The van der Waals surface area contributed by atoms with Crippen LogP contribution in [0.3, 0.4) is 0 Å². The molecular weight excluding hydrogens is 434 g/mol. The number of ketones is 2. The molecule has 2 N–H and O–H groups in total. The Morgan fingerprint density at radius 3 is 2.55 bits per heavy atom. The second kappa shape index (κ2) is 7.80. The molecule has 3 saturated carbocycles. The van der Waals surface area contributed by atoms with Crippen molar-refractivity contribution in [2.75, 3.05) is 6.61 Å². The molecule has 3 fully saturated rings. The van der Waals surface area contributed by atoms with Crippen LogP contribution in [0.1, 0.15) is 53.4 Å². The molecule has 0 aromatic rings. The van der Waals surface area contributed by atoms with Gasteiger partial charge in [-0.25, -0.2) is 8.78 Å². The lowest BCUT2D eigenvalue weighted by Gasteiger charge is -2.60. The molecule has 182 valence electrons. The maximum atomic E-state index is 15.5. The second-order valence-electron chi connectivity index (χ2n) is 10.7. The largest absolute Gasteiger partial charge is 0.450 e. The third kappa shape index (κ3) is 2.99. The van der Waals surface area contributed by atoms with Gasteiger partial charge in [0.15, 0.2) is 11.4 Å². The van der Waals surface area contributed by atoms with E-state index < -0.39 is 76.4 Å². The van der Waals surface area contributed by atoms with E-state index in [1.165, 1.54) is 6.08 Å². The quantitative estimate of drug-likeness (QED) is 0.618. The van der Waals surface area contributed by atoms with Gasteiger partial charge in [0.1, 0.15) is 12.8 Å². The summed E-state index contributed by atoms with van der Waals surface area (Å²) in [6, 6.07) is 0. The van der Waals surface area contributed by atoms with E-state index in [1.54, 1.807) is 27.7 Å². The van der Waals surface area contributed by atoms with Crippen molar-refractivity contribution in [2.45, 2.75) is 71.3 Å². The molecule has 0 radical (unpaired) electrons. The Balaban J connectivity index is 1.85. The molecular formula is C25H32F2O6. The highest BCUT2D eigenvalue weighted by Gasteiger charge is 2.73. The molecule has 3 unspecified atom stereocenters. The van der Waals surface area contributed by atoms with Crippen molar-refractivity contribution < 1.29 is 38.1 Å². The number of allylic oxidation sites excluding steroid dienone is 4. The van der Waals surface area contributed by atoms with Crippen molar-refractivity contribution >= 4 is 17.5 Å². The summed E-state index contributed by atoms with van der Waals surface area (Å²) in [5.41, 5.74) is -4.07. The number of carbonyl (C=O) groups excluding carboxylic acids is 3. The molecule has 4 rings (SSSR count). The van der Waals surface area contributed by atoms with Crippen LogP contribution in [0.15, 0.2) is 23.6 Å². The molecule has 8 heteroatoms. The summed E-state index contributed by atoms with van der Waals surface area (Å²) in [7, 11) is 0. The summed E-state index contributed by atoms with van der Waals surface area (Å²) in [5, 5.41) is 21.2. The monoisotopic (exact) mass is 466 g/mol. The molecule has 0 saturated heterocycles. The zero-order chi connectivity index (χ0) is 24.5. The summed E-state index contributed by atoms with van der Waals surface area (Å²) >= 11 is 0. The lowest BCUT2D eigenvalue weighted by atomic mass is 9.45. The van der Waals surface area contributed by atoms with Gasteiger partial charge in [0, 0.05) is 34.7 Å². The fourth-order valence-electron chi connectivity index (χ4n) is 7.99. The van der Waals surface area contributed by atoms with Crippen LogP contribution < -0.4 is 0 Å². The Morgan fingerprint density at radius 2 is 1.94 bits per heavy atom. The maximum Gasteiger partial charge on any atom is 0.306 e. The number of aliphatic hydroxyl groups is 2. The smallest absolute Gasteiger partial charge is 0.306 e. The molecule has 33 heavy (non-hydrogen) atoms. The Labute approximate surface area is 192 Å². The van der Waals surface area contributed by atoms with Crippen molar-refractivity contribution in [3.63, 3.8) is 0 Å². The number of rotatable bonds is 4. The topological polar surface area (TPSA) is 101 Å². The molecule has 6 nitrogen and oxygen atoms in total. The van der Waals surface area contributed by atoms with Crippen LogP contribution >= 0.6 is 0 Å². The van der Waals surface area contributed by atoms with Gasteiger partial charge in [-0.2, -0.15) is 0 Å². The third-order valence-electron chi connectivity index (χ3n) is 9.21. The highest BCUT2D eigenvalue weighted by Crippen LogP contribution is 2.69. The number of ether oxygens (including phenoxy) is 1. The fraction of sp³-hybridized carbons (Fsp3) is 0.720. The van der Waals surface area contributed by atoms with E-state index in [1.807, 2.05) is 0 Å². The first-order valence-corrected chi connectivity index (χ1v) is 11.7. The first-order valence-electron chi connectivity index (χ1n) is 11.7. The van der Waals surface area contributed by atoms with Crippen molar-refractivity contribution in [1.82, 2.24) is 0 Å². The summed E-state index contributed by atoms with van der Waals surface area (Å²) in [6.45, 7) is 6.00. The number of carbonyl (C=O) groups is 3. The summed E-state index contributed by atoms with van der Waals surface area (Å²) in [5.74, 6) is -4.95. The molecule has 0 bridgehead atoms. The summed E-state index contributed by atoms with van der Waals surface area (Å²) < 4.78 is 36.1. The predicted molar refractivity (Wildman–Crippen MR) is 114 cm³/mol. The number of Topliss-reactive ketones (excluding diaryl/α,β-unsaturated/α-hetero) is 1. The van der Waals surface area contributed by atoms with Gasteiger partial charge < -0.3 is 14.9 Å². The zero-order valence-corrected chi connectivity index (χ0v) is 19.4. The molecule has 4 aliphatic carbocycles. The minimum absolute atomic E-state index is 0.0411. The third-order valence-corrected chi connectivity index (χ3v) is 9.21. The lowest BCUT2D eigenvalue weighted by Crippen LogP contribution is -2.65. The second-order valence-corrected chi connectivity index (χ2v) is 10.7. The first-order chi connectivity index (χ1) is 15.4. The number of fused-ring (bicyclic) bond motifs is 5. The summed E-state index contributed by atoms with van der Waals surface area (Å²) in [6.07, 6.45) is 0.273. The van der Waals surface area contributed by atoms with Gasteiger partial charge in [-0.05, 0) is 37.2 Å². The van der Waals surface area contributed by atoms with Crippen LogP contribution in [0.5, 0.6) is 0 Å². The maximum absolute atomic E-state index is 15.5. The Kier molecular flexibility index (Phi) is 5.72. The van der Waals surface area contributed by atoms with Crippen LogP contribution in [0.4, 0.5) is 8.78 Å². The van der Waals surface area contributed by atoms with Gasteiger partial charge in [0.2, 0.25) is 11.6 Å². The zero-order valence-electron chi connectivity index (χ0n) is 19.4. The molecule has 0 amide bonds. The number of aliphatic hydroxyl groups excluding tert-OH is 2. The summed E-state index contributed by atoms with van der Waals surface area (Å²) in [4.78, 5) is 37.5. The van der Waals surface area contributed by atoms with Crippen LogP contribution in [0, 0.1) is 34.5 Å². The fourth-order valence-corrected chi connectivity index (χ4v) is 7.99. The van der Waals surface area contributed by atoms with E-state index in [0.717, 1.165) is 6.08 Å². The van der Waals surface area contributed by atoms with Crippen molar-refractivity contribution in [2.24, 2.45) is 34.5 Å². The number of alkyl halides is 1. The molecule has 0 aromatic carbocycles. The minimum atomic E-state index is -1.71. The van der Waals surface area contributed by atoms with Gasteiger partial charge in [-0.15, -0.1) is 0 Å². The van der Waals surface area contributed by atoms with E-state index >= 15 is 4.39 Å². The van der Waals surface area contributed by atoms with Crippen LogP contribution in [-0.4, -0.2) is 52.2 Å². The lowest BCUT2D eigenvalue weighted by molar-refractivity contribution is -0.206. The van der Waals surface area contributed by atoms with Crippen molar-refractivity contribution in [3.8, 4) is 0 Å². The minimum Gasteiger partial charge on any atom is -0.450 e. The van der Waals surface area contributed by atoms with Crippen LogP contribution in [0.2, 0.25) is 0 Å². The molecule has 9 atom stereocenters. The van der Waals surface area contributed by atoms with Crippen molar-refractivity contribution in [3.05, 3.63) is 23.6 Å². The highest BCUT2D eigenvalue weighted by atomic mass is 19.1. The molecule has 0 aromatic heterocycles. The van der Waals surface area contributed by atoms with E-state index in [0.29, 0.717) is 6.42 Å². The van der Waals surface area contributed by atoms with Gasteiger partial charge >= 0.3 is 5.97 Å². The van der Waals surface area contributed by atoms with Crippen molar-refractivity contribution in [1.29, 1.82) is 0 Å². The van der Waals surface area contributed by atoms with E-state index in [9.17, 15) is 29.0 Å². The van der Waals surface area contributed by atoms with E-state index in [2.05, 4.69) is 0 Å². The molecule has 0 spiro atoms. The first kappa shape index (κ1) is 24.2. The molecule has 0 heterocycles. The van der Waals surface area contributed by atoms with Gasteiger partial charge in [0.25, 0.3) is 0 Å². The SMILES string of the molecule is CCC(=O)O[C@]1(C(=O)CO)C(C)C[C@H]2[C@@H]3CC(F)C4=C(F)C(=O)C=C[C@]4(C)[C@H]3C(O)C[C@@]21C. The van der Waals surface area contributed by atoms with E-state index in [4.69, 9.17) is 4.74 Å². The number of esters is 1.